The van der Waals surface area contributed by atoms with Gasteiger partial charge in [-0.3, -0.25) is 0 Å². The first-order chi connectivity index (χ1) is 9.86. The van der Waals surface area contributed by atoms with Gasteiger partial charge in [0.05, 0.1) is 5.25 Å². The molecular weight excluding hydrogens is 298 g/mol. The lowest BCUT2D eigenvalue weighted by molar-refractivity contribution is 0.171. The van der Waals surface area contributed by atoms with Crippen molar-refractivity contribution in [2.24, 2.45) is 5.14 Å². The third-order valence-electron chi connectivity index (χ3n) is 2.91. The second kappa shape index (κ2) is 6.19. The van der Waals surface area contributed by atoms with E-state index in [-0.39, 0.29) is 6.54 Å². The molecule has 4 N–H and O–H groups in total. The lowest BCUT2D eigenvalue weighted by atomic mass is 10.2. The predicted octanol–water partition coefficient (Wildman–Crippen LogP) is 0.256. The van der Waals surface area contributed by atoms with Gasteiger partial charge in [-0.15, -0.1) is 0 Å². The number of hydrogen-bond acceptors (Lipinski definition) is 5. The Morgan fingerprint density at radius 2 is 2.00 bits per heavy atom. The van der Waals surface area contributed by atoms with Crippen LogP contribution in [0.25, 0.3) is 0 Å². The number of nitrogens with two attached hydrogens (primary N) is 1. The van der Waals surface area contributed by atoms with E-state index in [1.54, 1.807) is 18.2 Å². The standard InChI is InChI=1S/C12H17N3O5S/c1-8(21(13,17)18)7-14-12(16)15-9-2-3-10-11(6-9)20-5-4-19-10/h2-3,6,8H,4-5,7H2,1H3,(H2,13,17,18)(H2,14,15,16)/t8-/m1/s1. The molecule has 8 nitrogen and oxygen atoms in total. The molecule has 0 saturated heterocycles. The van der Waals surface area contributed by atoms with Crippen LogP contribution in [-0.4, -0.2) is 39.5 Å². The molecule has 1 aliphatic rings. The summed E-state index contributed by atoms with van der Waals surface area (Å²) in [5, 5.41) is 9.12. The Morgan fingerprint density at radius 1 is 1.33 bits per heavy atom. The van der Waals surface area contributed by atoms with Crippen molar-refractivity contribution in [2.45, 2.75) is 12.2 Å². The highest BCUT2D eigenvalue weighted by molar-refractivity contribution is 7.89. The number of fused-ring (bicyclic) bond motifs is 1. The van der Waals surface area contributed by atoms with Gasteiger partial charge in [0.1, 0.15) is 13.2 Å². The van der Waals surface area contributed by atoms with Crippen LogP contribution in [-0.2, 0) is 10.0 Å². The van der Waals surface area contributed by atoms with Gasteiger partial charge < -0.3 is 20.1 Å². The quantitative estimate of drug-likeness (QED) is 0.736. The topological polar surface area (TPSA) is 120 Å². The molecule has 0 saturated carbocycles. The summed E-state index contributed by atoms with van der Waals surface area (Å²) in [6, 6.07) is 4.46. The van der Waals surface area contributed by atoms with Gasteiger partial charge >= 0.3 is 6.03 Å². The maximum absolute atomic E-state index is 11.7. The number of anilines is 1. The van der Waals surface area contributed by atoms with Crippen molar-refractivity contribution in [2.75, 3.05) is 25.1 Å². The van der Waals surface area contributed by atoms with Crippen LogP contribution < -0.4 is 25.2 Å². The highest BCUT2D eigenvalue weighted by Crippen LogP contribution is 2.32. The number of urea groups is 1. The first-order valence-electron chi connectivity index (χ1n) is 6.32. The number of ether oxygens (including phenoxy) is 2. The number of amides is 2. The Balaban J connectivity index is 1.91. The minimum Gasteiger partial charge on any atom is -0.486 e. The summed E-state index contributed by atoms with van der Waals surface area (Å²) >= 11 is 0. The van der Waals surface area contributed by atoms with Crippen LogP contribution in [0.5, 0.6) is 11.5 Å². The zero-order valence-electron chi connectivity index (χ0n) is 11.5. The molecule has 0 radical (unpaired) electrons. The normalized spacial score (nSPS) is 15.1. The van der Waals surface area contributed by atoms with Crippen LogP contribution in [0.1, 0.15) is 6.92 Å². The largest absolute Gasteiger partial charge is 0.486 e. The van der Waals surface area contributed by atoms with Crippen LogP contribution >= 0.6 is 0 Å². The summed E-state index contributed by atoms with van der Waals surface area (Å²) in [5.74, 6) is 1.17. The Hall–Kier alpha value is -2.00. The third-order valence-corrected chi connectivity index (χ3v) is 4.20. The van der Waals surface area contributed by atoms with E-state index in [2.05, 4.69) is 10.6 Å². The highest BCUT2D eigenvalue weighted by atomic mass is 32.2. The Bertz CT molecular complexity index is 632. The maximum Gasteiger partial charge on any atom is 0.319 e. The van der Waals surface area contributed by atoms with Gasteiger partial charge in [0.2, 0.25) is 10.0 Å². The second-order valence-electron chi connectivity index (χ2n) is 4.59. The van der Waals surface area contributed by atoms with Crippen molar-refractivity contribution in [3.05, 3.63) is 18.2 Å². The van der Waals surface area contributed by atoms with E-state index in [0.717, 1.165) is 0 Å². The van der Waals surface area contributed by atoms with E-state index >= 15 is 0 Å². The molecular formula is C12H17N3O5S. The van der Waals surface area contributed by atoms with Gasteiger partial charge in [-0.25, -0.2) is 18.4 Å². The second-order valence-corrected chi connectivity index (χ2v) is 6.58. The molecule has 9 heteroatoms. The zero-order valence-corrected chi connectivity index (χ0v) is 12.3. The smallest absolute Gasteiger partial charge is 0.319 e. The van der Waals surface area contributed by atoms with Gasteiger partial charge in [0.25, 0.3) is 0 Å². The Morgan fingerprint density at radius 3 is 2.67 bits per heavy atom. The van der Waals surface area contributed by atoms with Crippen LogP contribution in [0.4, 0.5) is 10.5 Å². The van der Waals surface area contributed by atoms with Crippen LogP contribution in [0.2, 0.25) is 0 Å². The van der Waals surface area contributed by atoms with Crippen molar-refractivity contribution in [3.8, 4) is 11.5 Å². The summed E-state index contributed by atoms with van der Waals surface area (Å²) in [6.07, 6.45) is 0. The number of carbonyl (C=O) groups is 1. The number of rotatable bonds is 4. The highest BCUT2D eigenvalue weighted by Gasteiger charge is 2.17. The number of carbonyl (C=O) groups excluding carboxylic acids is 1. The molecule has 1 aliphatic heterocycles. The number of nitrogens with one attached hydrogen (secondary N) is 2. The molecule has 1 aromatic carbocycles. The van der Waals surface area contributed by atoms with Gasteiger partial charge in [-0.1, -0.05) is 0 Å². The van der Waals surface area contributed by atoms with E-state index < -0.39 is 21.3 Å². The van der Waals surface area contributed by atoms with Crippen LogP contribution in [0.3, 0.4) is 0 Å². The van der Waals surface area contributed by atoms with Crippen molar-refractivity contribution in [1.82, 2.24) is 5.32 Å². The Labute approximate surface area is 122 Å². The predicted molar refractivity (Wildman–Crippen MR) is 77.0 cm³/mol. The van der Waals surface area contributed by atoms with Gasteiger partial charge in [0, 0.05) is 18.3 Å². The summed E-state index contributed by atoms with van der Waals surface area (Å²) in [6.45, 7) is 2.29. The summed E-state index contributed by atoms with van der Waals surface area (Å²) in [5.41, 5.74) is 0.514. The van der Waals surface area contributed by atoms with E-state index in [9.17, 15) is 13.2 Å². The molecule has 0 aliphatic carbocycles. The molecule has 116 valence electrons. The van der Waals surface area contributed by atoms with Crippen LogP contribution in [0, 0.1) is 0 Å². The molecule has 1 heterocycles. The minimum absolute atomic E-state index is 0.0742. The molecule has 0 fully saturated rings. The number of sulfonamides is 1. The molecule has 2 amide bonds. The van der Waals surface area contributed by atoms with Crippen LogP contribution in [0.15, 0.2) is 18.2 Å². The van der Waals surface area contributed by atoms with E-state index in [0.29, 0.717) is 30.4 Å². The monoisotopic (exact) mass is 315 g/mol. The molecule has 0 unspecified atom stereocenters. The van der Waals surface area contributed by atoms with E-state index in [1.807, 2.05) is 0 Å². The molecule has 21 heavy (non-hydrogen) atoms. The first-order valence-corrected chi connectivity index (χ1v) is 7.93. The lowest BCUT2D eigenvalue weighted by Gasteiger charge is -2.19. The van der Waals surface area contributed by atoms with E-state index in [1.165, 1.54) is 6.92 Å². The first kappa shape index (κ1) is 15.4. The molecule has 1 atom stereocenters. The van der Waals surface area contributed by atoms with Crippen molar-refractivity contribution < 1.29 is 22.7 Å². The fourth-order valence-electron chi connectivity index (χ4n) is 1.65. The van der Waals surface area contributed by atoms with Crippen molar-refractivity contribution in [1.29, 1.82) is 0 Å². The average molecular weight is 315 g/mol. The number of benzene rings is 1. The number of primary sulfonamides is 1. The fourth-order valence-corrected chi connectivity index (χ4v) is 1.96. The van der Waals surface area contributed by atoms with Gasteiger partial charge in [-0.05, 0) is 19.1 Å². The maximum atomic E-state index is 11.7. The van der Waals surface area contributed by atoms with E-state index in [4.69, 9.17) is 14.6 Å². The summed E-state index contributed by atoms with van der Waals surface area (Å²) in [7, 11) is -3.66. The van der Waals surface area contributed by atoms with Crippen molar-refractivity contribution in [3.63, 3.8) is 0 Å². The van der Waals surface area contributed by atoms with Gasteiger partial charge in [-0.2, -0.15) is 0 Å². The molecule has 2 rings (SSSR count). The zero-order chi connectivity index (χ0) is 15.5. The molecule has 1 aromatic rings. The summed E-state index contributed by atoms with van der Waals surface area (Å²) in [4.78, 5) is 11.7. The lowest BCUT2D eigenvalue weighted by Crippen LogP contribution is -2.39. The number of hydrogen-bond donors (Lipinski definition) is 3. The summed E-state index contributed by atoms with van der Waals surface area (Å²) < 4.78 is 32.8. The molecule has 0 aromatic heterocycles. The minimum atomic E-state index is -3.66. The third kappa shape index (κ3) is 4.23. The fraction of sp³-hybridized carbons (Fsp3) is 0.417. The Kier molecular flexibility index (Phi) is 4.53. The average Bonchev–Trinajstić information content (AvgIpc) is 2.43. The van der Waals surface area contributed by atoms with Gasteiger partial charge in [0.15, 0.2) is 11.5 Å². The van der Waals surface area contributed by atoms with Crippen molar-refractivity contribution >= 4 is 21.7 Å². The molecule has 0 bridgehead atoms. The SMILES string of the molecule is C[C@H](CNC(=O)Nc1ccc2c(c1)OCCO2)S(N)(=O)=O. The molecule has 0 spiro atoms.